The van der Waals surface area contributed by atoms with Gasteiger partial charge in [-0.25, -0.2) is 0 Å². The minimum Gasteiger partial charge on any atom is -0.382 e. The fourth-order valence-corrected chi connectivity index (χ4v) is 5.84. The first-order valence-corrected chi connectivity index (χ1v) is 28.4. The summed E-state index contributed by atoms with van der Waals surface area (Å²) in [5.74, 6) is 168. The summed E-state index contributed by atoms with van der Waals surface area (Å²) in [7, 11) is 1.70. The number of benzene rings is 3. The van der Waals surface area contributed by atoms with Crippen molar-refractivity contribution in [1.29, 1.82) is 0 Å². The van der Waals surface area contributed by atoms with Crippen molar-refractivity contribution in [2.45, 2.75) is 19.9 Å². The highest BCUT2D eigenvalue weighted by Gasteiger charge is 2.16. The number of hydrogen-bond acceptors (Lipinski definition) is 4. The number of ether oxygens (including phenoxy) is 2. The summed E-state index contributed by atoms with van der Waals surface area (Å²) in [5, 5.41) is 0. The number of anilines is 3. The van der Waals surface area contributed by atoms with Crippen LogP contribution in [-0.2, 0) is 9.47 Å². The molecule has 0 saturated carbocycles. The zero-order chi connectivity index (χ0) is 72.0. The summed E-state index contributed by atoms with van der Waals surface area (Å²) in [6.45, 7) is 8.36. The maximum Gasteiger partial charge on any atom is 0.0700 e. The maximum atomic E-state index is 5.67. The molecule has 0 spiro atoms. The SMILES string of the molecule is C#CC#CC#CC#CC#CC#CC#CC#CC#CC#CC#CC#CC#CC#CC#CC#CC#CC#CC#CC#CC#CC#CC#CC#CC#CC#CC#CC#CC#CC#CC#CC#CC#CC#CC#C.CCN(CCOCCOC)C(C)c1ccc(N(c2ccccc2)c2ccccc2)cc1. The lowest BCUT2D eigenvalue weighted by Gasteiger charge is -2.29. The molecule has 0 aliphatic heterocycles. The molecule has 0 radical (unpaired) electrons. The molecule has 0 aliphatic carbocycles. The summed E-state index contributed by atoms with van der Waals surface area (Å²) >= 11 is 0. The van der Waals surface area contributed by atoms with Crippen molar-refractivity contribution in [3.63, 3.8) is 0 Å². The lowest BCUT2D eigenvalue weighted by molar-refractivity contribution is 0.0518. The summed E-state index contributed by atoms with van der Waals surface area (Å²) < 4.78 is 10.7. The van der Waals surface area contributed by atoms with E-state index in [2.05, 4.69) is 511 Å². The fraction of sp³-hybridized carbons (Fsp3) is 0.0928. The Balaban J connectivity index is 0.000000917. The lowest BCUT2D eigenvalue weighted by Crippen LogP contribution is -2.30. The summed E-state index contributed by atoms with van der Waals surface area (Å²) in [6, 6.07) is 30.2. The minimum atomic E-state index is 0.326. The Labute approximate surface area is 598 Å². The molecule has 4 nitrogen and oxygen atoms in total. The van der Waals surface area contributed by atoms with Crippen LogP contribution in [0.15, 0.2) is 84.9 Å². The van der Waals surface area contributed by atoms with Crippen molar-refractivity contribution in [2.75, 3.05) is 44.9 Å². The van der Waals surface area contributed by atoms with Crippen molar-refractivity contribution in [1.82, 2.24) is 4.90 Å². The highest BCUT2D eigenvalue weighted by molar-refractivity contribution is 5.76. The Morgan fingerprint density at radius 1 is 0.267 bits per heavy atom. The number of rotatable bonds is 12. The lowest BCUT2D eigenvalue weighted by atomic mass is 10.1. The average molecular weight is 1260 g/mol. The Bertz CT molecular complexity index is 5700. The molecular formula is C97H36N2O2. The van der Waals surface area contributed by atoms with Crippen LogP contribution in [0.5, 0.6) is 0 Å². The van der Waals surface area contributed by atoms with E-state index in [9.17, 15) is 0 Å². The zero-order valence-electron chi connectivity index (χ0n) is 54.1. The molecule has 3 rings (SSSR count). The number of methoxy groups -OCH3 is 1. The highest BCUT2D eigenvalue weighted by atomic mass is 16.5. The standard InChI is InChI=1S/C70H2.C27H34N2O2/c1-3-5-7-9-11-13-15-17-19-21-23-25-27-29-31-33-35-37-39-41-43-45-47-49-51-53-55-57-59-61-63-65-67-69-70-68-66-64-62-60-58-56-54-52-50-48-46-44-42-40-38-36-34-32-30-28-26-24-22-20-18-16-14-12-10-8-6-4-2;1-4-28(19-20-31-22-21-30-3)23(2)24-15-17-27(18-16-24)29(25-11-7-5-8-12-25)26-13-9-6-10-14-26/h1-2H;5-18,23H,4,19-22H2,1-3H3. The first kappa shape index (κ1) is 79.0. The predicted molar refractivity (Wildman–Crippen MR) is 404 cm³/mol. The summed E-state index contributed by atoms with van der Waals surface area (Å²) in [4.78, 5) is 4.73. The van der Waals surface area contributed by atoms with Crippen LogP contribution in [0.4, 0.5) is 17.1 Å². The molecule has 1 atom stereocenters. The third kappa shape index (κ3) is 48.5. The summed E-state index contributed by atoms with van der Waals surface area (Å²) in [6.07, 6.45) is 9.89. The van der Waals surface area contributed by atoms with Crippen molar-refractivity contribution in [3.05, 3.63) is 90.5 Å². The zero-order valence-corrected chi connectivity index (χ0v) is 54.1. The minimum absolute atomic E-state index is 0.326. The molecule has 0 fully saturated rings. The molecule has 446 valence electrons. The number of likely N-dealkylation sites (N-methyl/N-ethyl adjacent to an activating group) is 1. The molecule has 3 aromatic rings. The van der Waals surface area contributed by atoms with Gasteiger partial charge in [0.25, 0.3) is 0 Å². The fourth-order valence-electron chi connectivity index (χ4n) is 5.84. The molecule has 0 amide bonds. The van der Waals surface area contributed by atoms with E-state index in [1.54, 1.807) is 7.11 Å². The van der Waals surface area contributed by atoms with Gasteiger partial charge in [-0.2, -0.15) is 0 Å². The number of nitrogens with zero attached hydrogens (tertiary/aromatic N) is 2. The third-order valence-electron chi connectivity index (χ3n) is 9.78. The Hall–Kier alpha value is -18.1. The molecule has 0 aliphatic rings. The van der Waals surface area contributed by atoms with E-state index in [1.165, 1.54) is 5.56 Å². The van der Waals surface area contributed by atoms with Crippen LogP contribution in [0.25, 0.3) is 0 Å². The van der Waals surface area contributed by atoms with Gasteiger partial charge in [-0.1, -0.05) is 55.5 Å². The predicted octanol–water partition coefficient (Wildman–Crippen LogP) is 6.57. The second kappa shape index (κ2) is 63.5. The van der Waals surface area contributed by atoms with Gasteiger partial charge in [0, 0.05) is 345 Å². The molecule has 4 heteroatoms. The normalized spacial score (nSPS) is 6.44. The monoisotopic (exact) mass is 1260 g/mol. The highest BCUT2D eigenvalue weighted by Crippen LogP contribution is 2.35. The van der Waals surface area contributed by atoms with Crippen molar-refractivity contribution >= 4 is 17.1 Å². The van der Waals surface area contributed by atoms with Gasteiger partial charge in [-0.3, -0.25) is 4.90 Å². The van der Waals surface area contributed by atoms with E-state index in [0.29, 0.717) is 19.3 Å². The molecule has 101 heavy (non-hydrogen) atoms. The first-order chi connectivity index (χ1) is 50.2. The van der Waals surface area contributed by atoms with Gasteiger partial charge < -0.3 is 14.4 Å². The molecule has 0 saturated heterocycles. The van der Waals surface area contributed by atoms with E-state index in [0.717, 1.165) is 36.8 Å². The van der Waals surface area contributed by atoms with Crippen molar-refractivity contribution < 1.29 is 9.47 Å². The topological polar surface area (TPSA) is 24.9 Å². The first-order valence-electron chi connectivity index (χ1n) is 28.4. The number of hydrogen-bond donors (Lipinski definition) is 0. The van der Waals surface area contributed by atoms with Crippen molar-refractivity contribution in [3.8, 4) is 415 Å². The molecule has 1 unspecified atom stereocenters. The van der Waals surface area contributed by atoms with E-state index >= 15 is 0 Å². The van der Waals surface area contributed by atoms with Crippen LogP contribution in [0, 0.1) is 415 Å². The van der Waals surface area contributed by atoms with Crippen LogP contribution in [0.1, 0.15) is 25.5 Å². The van der Waals surface area contributed by atoms with Gasteiger partial charge in [0.1, 0.15) is 0 Å². The smallest absolute Gasteiger partial charge is 0.0700 e. The largest absolute Gasteiger partial charge is 0.382 e. The molecular weight excluding hydrogens is 1230 g/mol. The second-order valence-electron chi connectivity index (χ2n) is 16.0. The van der Waals surface area contributed by atoms with Crippen LogP contribution in [-0.4, -0.2) is 44.9 Å². The van der Waals surface area contributed by atoms with Crippen molar-refractivity contribution in [2.24, 2.45) is 0 Å². The molecule has 0 N–H and O–H groups in total. The summed E-state index contributed by atoms with van der Waals surface area (Å²) in [5.41, 5.74) is 4.76. The van der Waals surface area contributed by atoms with E-state index in [1.807, 2.05) is 0 Å². The second-order valence-corrected chi connectivity index (χ2v) is 16.0. The van der Waals surface area contributed by atoms with Crippen LogP contribution < -0.4 is 4.90 Å². The van der Waals surface area contributed by atoms with Crippen LogP contribution >= 0.6 is 0 Å². The number of para-hydroxylation sites is 2. The van der Waals surface area contributed by atoms with E-state index in [4.69, 9.17) is 22.3 Å². The van der Waals surface area contributed by atoms with Gasteiger partial charge in [0.15, 0.2) is 0 Å². The molecule has 0 heterocycles. The molecule has 0 bridgehead atoms. The Morgan fingerprint density at radius 3 is 0.653 bits per heavy atom. The van der Waals surface area contributed by atoms with Gasteiger partial charge in [-0.15, -0.1) is 12.8 Å². The Kier molecular flexibility index (Phi) is 49.7. The van der Waals surface area contributed by atoms with Gasteiger partial charge in [0.2, 0.25) is 0 Å². The average Bonchev–Trinajstić information content (AvgIpc) is 0.814. The van der Waals surface area contributed by atoms with E-state index in [-0.39, 0.29) is 0 Å². The van der Waals surface area contributed by atoms with Crippen LogP contribution in [0.3, 0.4) is 0 Å². The van der Waals surface area contributed by atoms with Gasteiger partial charge in [-0.05, 0) is 150 Å². The van der Waals surface area contributed by atoms with Crippen LogP contribution in [0.2, 0.25) is 0 Å². The third-order valence-corrected chi connectivity index (χ3v) is 9.78. The van der Waals surface area contributed by atoms with E-state index < -0.39 is 0 Å². The van der Waals surface area contributed by atoms with Gasteiger partial charge in [0.05, 0.1) is 19.8 Å². The van der Waals surface area contributed by atoms with Gasteiger partial charge >= 0.3 is 0 Å². The molecule has 0 aromatic heterocycles. The molecule has 3 aromatic carbocycles. The quantitative estimate of drug-likeness (QED) is 0.152. The Morgan fingerprint density at radius 2 is 0.465 bits per heavy atom. The maximum absolute atomic E-state index is 5.67. The number of terminal acetylenes is 2.